The summed E-state index contributed by atoms with van der Waals surface area (Å²) in [4.78, 5) is 25.9. The van der Waals surface area contributed by atoms with Gasteiger partial charge in [-0.15, -0.1) is 22.9 Å². The highest BCUT2D eigenvalue weighted by Crippen LogP contribution is 2.35. The lowest BCUT2D eigenvalue weighted by molar-refractivity contribution is -0.117. The molecule has 92 valence electrons. The predicted molar refractivity (Wildman–Crippen MR) is 67.0 cm³/mol. The van der Waals surface area contributed by atoms with Crippen LogP contribution in [0.3, 0.4) is 0 Å². The Labute approximate surface area is 108 Å². The van der Waals surface area contributed by atoms with Crippen molar-refractivity contribution < 1.29 is 14.3 Å². The minimum absolute atomic E-state index is 0.0444. The van der Waals surface area contributed by atoms with Gasteiger partial charge in [0.25, 0.3) is 0 Å². The van der Waals surface area contributed by atoms with Crippen LogP contribution in [0.1, 0.15) is 21.7 Å². The van der Waals surface area contributed by atoms with Crippen LogP contribution in [-0.2, 0) is 9.53 Å². The lowest BCUT2D eigenvalue weighted by atomic mass is 10.3. The average Bonchev–Trinajstić information content (AvgIpc) is 2.80. The van der Waals surface area contributed by atoms with Gasteiger partial charge < -0.3 is 9.64 Å². The number of hydrogen-bond acceptors (Lipinski definition) is 4. The number of methoxy groups -OCH3 is 1. The highest BCUT2D eigenvalue weighted by Gasteiger charge is 2.33. The standard InChI is InChI=1S/C11H12ClNO3S/c1-6-3-8(11(15)16-2)10(17-6)13-5-7(12)4-9(13)14/h3,7H,4-5H2,1-2H3. The van der Waals surface area contributed by atoms with Gasteiger partial charge in [0, 0.05) is 17.8 Å². The van der Waals surface area contributed by atoms with Crippen LogP contribution in [0.2, 0.25) is 0 Å². The number of ether oxygens (including phenoxy) is 1. The summed E-state index contributed by atoms with van der Waals surface area (Å²) >= 11 is 7.36. The van der Waals surface area contributed by atoms with Crippen LogP contribution < -0.4 is 4.90 Å². The van der Waals surface area contributed by atoms with Gasteiger partial charge in [-0.2, -0.15) is 0 Å². The third-order valence-electron chi connectivity index (χ3n) is 2.56. The molecule has 1 unspecified atom stereocenters. The minimum atomic E-state index is -0.421. The van der Waals surface area contributed by atoms with Gasteiger partial charge in [-0.1, -0.05) is 0 Å². The summed E-state index contributed by atoms with van der Waals surface area (Å²) in [6.45, 7) is 2.34. The van der Waals surface area contributed by atoms with E-state index in [2.05, 4.69) is 0 Å². The molecule has 0 bridgehead atoms. The SMILES string of the molecule is COC(=O)c1cc(C)sc1N1CC(Cl)CC1=O. The van der Waals surface area contributed by atoms with E-state index in [9.17, 15) is 9.59 Å². The van der Waals surface area contributed by atoms with E-state index in [1.807, 2.05) is 6.92 Å². The largest absolute Gasteiger partial charge is 0.465 e. The molecular formula is C11H12ClNO3S. The van der Waals surface area contributed by atoms with Crippen LogP contribution in [0, 0.1) is 6.92 Å². The van der Waals surface area contributed by atoms with Gasteiger partial charge in [0.15, 0.2) is 0 Å². The molecular weight excluding hydrogens is 262 g/mol. The number of anilines is 1. The number of halogens is 1. The number of thiophene rings is 1. The normalized spacial score (nSPS) is 19.8. The lowest BCUT2D eigenvalue weighted by Gasteiger charge is -2.14. The van der Waals surface area contributed by atoms with Crippen molar-refractivity contribution in [2.75, 3.05) is 18.6 Å². The smallest absolute Gasteiger partial charge is 0.340 e. The topological polar surface area (TPSA) is 46.6 Å². The lowest BCUT2D eigenvalue weighted by Crippen LogP contribution is -2.25. The van der Waals surface area contributed by atoms with Crippen molar-refractivity contribution in [3.05, 3.63) is 16.5 Å². The maximum atomic E-state index is 11.8. The molecule has 0 radical (unpaired) electrons. The summed E-state index contributed by atoms with van der Waals surface area (Å²) in [6, 6.07) is 1.74. The first-order chi connectivity index (χ1) is 8.02. The Morgan fingerprint density at radius 1 is 1.65 bits per heavy atom. The Kier molecular flexibility index (Phi) is 3.40. The second-order valence-electron chi connectivity index (χ2n) is 3.87. The molecule has 1 saturated heterocycles. The zero-order chi connectivity index (χ0) is 12.6. The number of carbonyl (C=O) groups is 2. The van der Waals surface area contributed by atoms with E-state index in [0.29, 0.717) is 23.5 Å². The van der Waals surface area contributed by atoms with Gasteiger partial charge in [-0.05, 0) is 13.0 Å². The molecule has 2 heterocycles. The Bertz CT molecular complexity index is 471. The van der Waals surface area contributed by atoms with Crippen LogP contribution in [0.15, 0.2) is 6.07 Å². The van der Waals surface area contributed by atoms with Crippen molar-refractivity contribution in [1.82, 2.24) is 0 Å². The van der Waals surface area contributed by atoms with E-state index < -0.39 is 5.97 Å². The van der Waals surface area contributed by atoms with Crippen molar-refractivity contribution >= 4 is 39.8 Å². The Morgan fingerprint density at radius 2 is 2.35 bits per heavy atom. The van der Waals surface area contributed by atoms with Gasteiger partial charge in [0.2, 0.25) is 5.91 Å². The molecule has 4 nitrogen and oxygen atoms in total. The number of carbonyl (C=O) groups excluding carboxylic acids is 2. The number of rotatable bonds is 2. The van der Waals surface area contributed by atoms with Gasteiger partial charge in [0.1, 0.15) is 5.00 Å². The molecule has 0 aliphatic carbocycles. The van der Waals surface area contributed by atoms with Gasteiger partial charge in [-0.3, -0.25) is 4.79 Å². The molecule has 0 aromatic carbocycles. The molecule has 1 fully saturated rings. The van der Waals surface area contributed by atoms with Gasteiger partial charge in [-0.25, -0.2) is 4.79 Å². The molecule has 1 aromatic heterocycles. The third-order valence-corrected chi connectivity index (χ3v) is 3.93. The average molecular weight is 274 g/mol. The van der Waals surface area contributed by atoms with Crippen LogP contribution in [0.25, 0.3) is 0 Å². The van der Waals surface area contributed by atoms with Crippen LogP contribution >= 0.6 is 22.9 Å². The summed E-state index contributed by atoms with van der Waals surface area (Å²) < 4.78 is 4.71. The first kappa shape index (κ1) is 12.4. The minimum Gasteiger partial charge on any atom is -0.465 e. The Morgan fingerprint density at radius 3 is 2.88 bits per heavy atom. The predicted octanol–water partition coefficient (Wildman–Crippen LogP) is 2.19. The van der Waals surface area contributed by atoms with Gasteiger partial charge >= 0.3 is 5.97 Å². The molecule has 0 N–H and O–H groups in total. The van der Waals surface area contributed by atoms with Crippen molar-refractivity contribution in [3.8, 4) is 0 Å². The highest BCUT2D eigenvalue weighted by atomic mass is 35.5. The first-order valence-corrected chi connectivity index (χ1v) is 6.41. The zero-order valence-electron chi connectivity index (χ0n) is 9.53. The highest BCUT2D eigenvalue weighted by molar-refractivity contribution is 7.16. The fraction of sp³-hybridized carbons (Fsp3) is 0.455. The molecule has 1 atom stereocenters. The first-order valence-electron chi connectivity index (χ1n) is 5.16. The maximum absolute atomic E-state index is 11.8. The summed E-state index contributed by atoms with van der Waals surface area (Å²) in [7, 11) is 1.33. The third kappa shape index (κ3) is 2.30. The molecule has 1 amide bonds. The molecule has 2 rings (SSSR count). The van der Waals surface area contributed by atoms with Crippen LogP contribution in [-0.4, -0.2) is 30.9 Å². The summed E-state index contributed by atoms with van der Waals surface area (Å²) in [5.74, 6) is -0.466. The molecule has 0 saturated carbocycles. The molecule has 6 heteroatoms. The summed E-state index contributed by atoms with van der Waals surface area (Å²) in [6.07, 6.45) is 0.319. The quantitative estimate of drug-likeness (QED) is 0.613. The second kappa shape index (κ2) is 4.66. The van der Waals surface area contributed by atoms with Gasteiger partial charge in [0.05, 0.1) is 18.1 Å². The van der Waals surface area contributed by atoms with Crippen LogP contribution in [0.5, 0.6) is 0 Å². The van der Waals surface area contributed by atoms with Crippen molar-refractivity contribution in [2.24, 2.45) is 0 Å². The van der Waals surface area contributed by atoms with E-state index in [-0.39, 0.29) is 11.3 Å². The number of aryl methyl sites for hydroxylation is 1. The fourth-order valence-corrected chi connectivity index (χ4v) is 3.11. The second-order valence-corrected chi connectivity index (χ2v) is 5.73. The van der Waals surface area contributed by atoms with E-state index in [1.54, 1.807) is 11.0 Å². The molecule has 1 aromatic rings. The Balaban J connectivity index is 2.38. The monoisotopic (exact) mass is 273 g/mol. The number of esters is 1. The molecule has 17 heavy (non-hydrogen) atoms. The van der Waals surface area contributed by atoms with Crippen LogP contribution in [0.4, 0.5) is 5.00 Å². The zero-order valence-corrected chi connectivity index (χ0v) is 11.1. The van der Waals surface area contributed by atoms with Crippen molar-refractivity contribution in [2.45, 2.75) is 18.7 Å². The molecule has 1 aliphatic rings. The Hall–Kier alpha value is -1.07. The number of alkyl halides is 1. The maximum Gasteiger partial charge on any atom is 0.340 e. The molecule has 1 aliphatic heterocycles. The number of nitrogens with zero attached hydrogens (tertiary/aromatic N) is 1. The summed E-state index contributed by atoms with van der Waals surface area (Å²) in [5.41, 5.74) is 0.439. The number of hydrogen-bond donors (Lipinski definition) is 0. The summed E-state index contributed by atoms with van der Waals surface area (Å²) in [5, 5.41) is 0.456. The van der Waals surface area contributed by atoms with E-state index >= 15 is 0 Å². The number of amides is 1. The van der Waals surface area contributed by atoms with E-state index in [1.165, 1.54) is 18.4 Å². The molecule has 0 spiro atoms. The van der Waals surface area contributed by atoms with Crippen molar-refractivity contribution in [1.29, 1.82) is 0 Å². The fourth-order valence-electron chi connectivity index (χ4n) is 1.82. The van der Waals surface area contributed by atoms with E-state index in [4.69, 9.17) is 16.3 Å². The van der Waals surface area contributed by atoms with E-state index in [0.717, 1.165) is 4.88 Å². The van der Waals surface area contributed by atoms with Crippen molar-refractivity contribution in [3.63, 3.8) is 0 Å².